The molecular formula is C18H22O4S. The van der Waals surface area contributed by atoms with Crippen molar-refractivity contribution >= 4 is 9.84 Å². The smallest absolute Gasteiger partial charge is 0.207 e. The van der Waals surface area contributed by atoms with Crippen molar-refractivity contribution in [1.29, 1.82) is 0 Å². The molecule has 0 aromatic heterocycles. The van der Waals surface area contributed by atoms with Crippen LogP contribution < -0.4 is 0 Å². The predicted octanol–water partition coefficient (Wildman–Crippen LogP) is 3.78. The maximum absolute atomic E-state index is 13.1. The third-order valence-electron chi connectivity index (χ3n) is 4.62. The molecule has 2 rings (SSSR count). The lowest BCUT2D eigenvalue weighted by atomic mass is 10.1. The summed E-state index contributed by atoms with van der Waals surface area (Å²) in [5.41, 5.74) is 3.40. The zero-order valence-corrected chi connectivity index (χ0v) is 15.1. The van der Waals surface area contributed by atoms with Crippen molar-refractivity contribution in [3.8, 4) is 11.5 Å². The number of benzene rings is 2. The summed E-state index contributed by atoms with van der Waals surface area (Å²) < 4.78 is 26.2. The Morgan fingerprint density at radius 3 is 1.26 bits per heavy atom. The highest BCUT2D eigenvalue weighted by atomic mass is 32.2. The lowest BCUT2D eigenvalue weighted by Gasteiger charge is -2.17. The average molecular weight is 334 g/mol. The van der Waals surface area contributed by atoms with E-state index in [2.05, 4.69) is 0 Å². The molecule has 124 valence electrons. The molecule has 0 aliphatic rings. The standard InChI is InChI=1S/C18H22O4S/c1-9-7-15(13(5)17(19)11(9)3)23(21,22)16-8-10(2)12(4)18(20)14(16)6/h7-8,19-20H,1-6H3. The molecule has 0 aliphatic heterocycles. The van der Waals surface area contributed by atoms with E-state index in [1.807, 2.05) is 0 Å². The molecule has 0 aliphatic carbocycles. The summed E-state index contributed by atoms with van der Waals surface area (Å²) in [5, 5.41) is 20.4. The molecule has 0 saturated heterocycles. The van der Waals surface area contributed by atoms with Gasteiger partial charge in [0.1, 0.15) is 11.5 Å². The van der Waals surface area contributed by atoms with Gasteiger partial charge < -0.3 is 10.2 Å². The Balaban J connectivity index is 2.85. The molecule has 23 heavy (non-hydrogen) atoms. The van der Waals surface area contributed by atoms with Crippen LogP contribution >= 0.6 is 0 Å². The van der Waals surface area contributed by atoms with Gasteiger partial charge in [0, 0.05) is 11.1 Å². The van der Waals surface area contributed by atoms with Gasteiger partial charge in [-0.25, -0.2) is 8.42 Å². The summed E-state index contributed by atoms with van der Waals surface area (Å²) in [6, 6.07) is 3.15. The number of hydrogen-bond donors (Lipinski definition) is 2. The van der Waals surface area contributed by atoms with Crippen LogP contribution in [0.25, 0.3) is 0 Å². The first kappa shape index (κ1) is 17.3. The van der Waals surface area contributed by atoms with Crippen molar-refractivity contribution in [2.24, 2.45) is 0 Å². The van der Waals surface area contributed by atoms with E-state index in [0.29, 0.717) is 33.4 Å². The molecule has 2 aromatic rings. The number of rotatable bonds is 2. The van der Waals surface area contributed by atoms with Gasteiger partial charge in [-0.15, -0.1) is 0 Å². The van der Waals surface area contributed by atoms with Crippen molar-refractivity contribution in [2.75, 3.05) is 0 Å². The second kappa shape index (κ2) is 5.57. The summed E-state index contributed by atoms with van der Waals surface area (Å²) in [6.07, 6.45) is 0. The van der Waals surface area contributed by atoms with Gasteiger partial charge in [-0.3, -0.25) is 0 Å². The van der Waals surface area contributed by atoms with Crippen molar-refractivity contribution in [1.82, 2.24) is 0 Å². The van der Waals surface area contributed by atoms with Gasteiger partial charge in [0.2, 0.25) is 9.84 Å². The van der Waals surface area contributed by atoms with Crippen LogP contribution in [0.1, 0.15) is 33.4 Å². The molecule has 4 nitrogen and oxygen atoms in total. The molecule has 5 heteroatoms. The number of hydrogen-bond acceptors (Lipinski definition) is 4. The van der Waals surface area contributed by atoms with Gasteiger partial charge in [-0.05, 0) is 75.9 Å². The molecule has 0 bridgehead atoms. The average Bonchev–Trinajstić information content (AvgIpc) is 2.49. The monoisotopic (exact) mass is 334 g/mol. The maximum atomic E-state index is 13.1. The molecule has 0 amide bonds. The Hall–Kier alpha value is -2.01. The van der Waals surface area contributed by atoms with E-state index in [9.17, 15) is 18.6 Å². The van der Waals surface area contributed by atoms with E-state index in [0.717, 1.165) is 0 Å². The fourth-order valence-electron chi connectivity index (χ4n) is 2.67. The highest BCUT2D eigenvalue weighted by Gasteiger charge is 2.27. The SMILES string of the molecule is Cc1cc(S(=O)(=O)c2cc(C)c(C)c(O)c2C)c(C)c(O)c1C. The minimum Gasteiger partial charge on any atom is -0.507 e. The molecule has 2 aromatic carbocycles. The van der Waals surface area contributed by atoms with Crippen molar-refractivity contribution in [3.05, 3.63) is 45.5 Å². The van der Waals surface area contributed by atoms with Crippen LogP contribution in [0.3, 0.4) is 0 Å². The topological polar surface area (TPSA) is 74.6 Å². The Morgan fingerprint density at radius 1 is 0.652 bits per heavy atom. The van der Waals surface area contributed by atoms with Crippen LogP contribution in [0.4, 0.5) is 0 Å². The van der Waals surface area contributed by atoms with Crippen LogP contribution in [0.15, 0.2) is 21.9 Å². The number of aromatic hydroxyl groups is 2. The van der Waals surface area contributed by atoms with E-state index < -0.39 is 9.84 Å². The second-order valence-electron chi connectivity index (χ2n) is 6.08. The zero-order valence-electron chi connectivity index (χ0n) is 14.3. The van der Waals surface area contributed by atoms with Crippen LogP contribution in [-0.2, 0) is 9.84 Å². The molecule has 0 fully saturated rings. The van der Waals surface area contributed by atoms with E-state index in [4.69, 9.17) is 0 Å². The minimum atomic E-state index is -3.84. The summed E-state index contributed by atoms with van der Waals surface area (Å²) in [5.74, 6) is -0.0106. The summed E-state index contributed by atoms with van der Waals surface area (Å²) in [6.45, 7) is 10.2. The van der Waals surface area contributed by atoms with E-state index in [1.54, 1.807) is 53.7 Å². The minimum absolute atomic E-state index is 0.00529. The number of aryl methyl sites for hydroxylation is 2. The van der Waals surface area contributed by atoms with Gasteiger partial charge >= 0.3 is 0 Å². The largest absolute Gasteiger partial charge is 0.507 e. The van der Waals surface area contributed by atoms with Crippen LogP contribution in [0, 0.1) is 41.5 Å². The lowest BCUT2D eigenvalue weighted by molar-refractivity contribution is 0.462. The van der Waals surface area contributed by atoms with Crippen LogP contribution in [-0.4, -0.2) is 18.6 Å². The number of phenolic OH excluding ortho intramolecular Hbond substituents is 2. The van der Waals surface area contributed by atoms with Crippen molar-refractivity contribution in [3.63, 3.8) is 0 Å². The van der Waals surface area contributed by atoms with Gasteiger partial charge in [0.25, 0.3) is 0 Å². The van der Waals surface area contributed by atoms with E-state index >= 15 is 0 Å². The first-order valence-electron chi connectivity index (χ1n) is 7.34. The summed E-state index contributed by atoms with van der Waals surface area (Å²) in [4.78, 5) is 0.146. The van der Waals surface area contributed by atoms with Gasteiger partial charge in [-0.2, -0.15) is 0 Å². The highest BCUT2D eigenvalue weighted by Crippen LogP contribution is 2.37. The fourth-order valence-corrected chi connectivity index (χ4v) is 4.57. The van der Waals surface area contributed by atoms with Crippen LogP contribution in [0.5, 0.6) is 11.5 Å². The predicted molar refractivity (Wildman–Crippen MR) is 90.1 cm³/mol. The zero-order chi connectivity index (χ0) is 17.7. The first-order valence-corrected chi connectivity index (χ1v) is 8.83. The molecular weight excluding hydrogens is 312 g/mol. The summed E-state index contributed by atoms with van der Waals surface area (Å²) in [7, 11) is -3.84. The molecule has 0 radical (unpaired) electrons. The third kappa shape index (κ3) is 2.59. The van der Waals surface area contributed by atoms with Gasteiger partial charge in [0.15, 0.2) is 0 Å². The molecule has 0 spiro atoms. The van der Waals surface area contributed by atoms with E-state index in [1.165, 1.54) is 0 Å². The maximum Gasteiger partial charge on any atom is 0.207 e. The van der Waals surface area contributed by atoms with Crippen molar-refractivity contribution in [2.45, 2.75) is 51.3 Å². The molecule has 0 heterocycles. The van der Waals surface area contributed by atoms with E-state index in [-0.39, 0.29) is 21.3 Å². The highest BCUT2D eigenvalue weighted by molar-refractivity contribution is 7.91. The van der Waals surface area contributed by atoms with Gasteiger partial charge in [-0.1, -0.05) is 0 Å². The third-order valence-corrected chi connectivity index (χ3v) is 6.62. The Kier molecular flexibility index (Phi) is 4.20. The number of phenols is 2. The normalized spacial score (nSPS) is 11.7. The molecule has 2 N–H and O–H groups in total. The van der Waals surface area contributed by atoms with Crippen LogP contribution in [0.2, 0.25) is 0 Å². The second-order valence-corrected chi connectivity index (χ2v) is 7.97. The lowest BCUT2D eigenvalue weighted by Crippen LogP contribution is -2.08. The van der Waals surface area contributed by atoms with Gasteiger partial charge in [0.05, 0.1) is 9.79 Å². The first-order chi connectivity index (χ1) is 10.5. The quantitative estimate of drug-likeness (QED) is 0.876. The Morgan fingerprint density at radius 2 is 0.957 bits per heavy atom. The summed E-state index contributed by atoms with van der Waals surface area (Å²) >= 11 is 0. The molecule has 0 unspecified atom stereocenters. The van der Waals surface area contributed by atoms with Crippen molar-refractivity contribution < 1.29 is 18.6 Å². The fraction of sp³-hybridized carbons (Fsp3) is 0.333. The molecule has 0 atom stereocenters. The molecule has 0 saturated carbocycles. The Labute approximate surface area is 137 Å². The number of sulfone groups is 1. The Bertz CT molecular complexity index is 840.